The zero-order chi connectivity index (χ0) is 13.8. The SMILES string of the molecule is COC(=O)C(C)CN(C)C(=O)C(C)S(C)(=O)=O. The second kappa shape index (κ2) is 6.00. The van der Waals surface area contributed by atoms with E-state index >= 15 is 0 Å². The third-order valence-electron chi connectivity index (χ3n) is 2.52. The number of hydrogen-bond acceptors (Lipinski definition) is 5. The Labute approximate surface area is 102 Å². The van der Waals surface area contributed by atoms with Crippen LogP contribution in [0.5, 0.6) is 0 Å². The van der Waals surface area contributed by atoms with Crippen LogP contribution in [0.4, 0.5) is 0 Å². The molecule has 0 aliphatic carbocycles. The molecule has 0 aliphatic heterocycles. The number of sulfone groups is 1. The highest BCUT2D eigenvalue weighted by atomic mass is 32.2. The van der Waals surface area contributed by atoms with Crippen molar-refractivity contribution in [1.29, 1.82) is 0 Å². The Hall–Kier alpha value is -1.11. The summed E-state index contributed by atoms with van der Waals surface area (Å²) in [5.74, 6) is -1.44. The molecule has 0 N–H and O–H groups in total. The average molecular weight is 265 g/mol. The van der Waals surface area contributed by atoms with Crippen molar-refractivity contribution in [2.24, 2.45) is 5.92 Å². The summed E-state index contributed by atoms with van der Waals surface area (Å²) in [4.78, 5) is 24.1. The molecule has 17 heavy (non-hydrogen) atoms. The molecule has 7 heteroatoms. The van der Waals surface area contributed by atoms with Gasteiger partial charge in [-0.25, -0.2) is 8.42 Å². The first-order valence-electron chi connectivity index (χ1n) is 5.13. The van der Waals surface area contributed by atoms with Crippen LogP contribution in [0.3, 0.4) is 0 Å². The van der Waals surface area contributed by atoms with Gasteiger partial charge in [-0.2, -0.15) is 0 Å². The first-order chi connectivity index (χ1) is 7.61. The zero-order valence-corrected chi connectivity index (χ0v) is 11.6. The third-order valence-corrected chi connectivity index (χ3v) is 4.00. The molecule has 0 heterocycles. The summed E-state index contributed by atoms with van der Waals surface area (Å²) in [6.07, 6.45) is 1.01. The fourth-order valence-electron chi connectivity index (χ4n) is 1.27. The van der Waals surface area contributed by atoms with Gasteiger partial charge in [-0.1, -0.05) is 6.92 Å². The zero-order valence-electron chi connectivity index (χ0n) is 10.8. The van der Waals surface area contributed by atoms with E-state index in [1.165, 1.54) is 26.0 Å². The van der Waals surface area contributed by atoms with Crippen LogP contribution < -0.4 is 0 Å². The van der Waals surface area contributed by atoms with Gasteiger partial charge in [0.15, 0.2) is 9.84 Å². The minimum atomic E-state index is -3.42. The van der Waals surface area contributed by atoms with Gasteiger partial charge in [-0.3, -0.25) is 9.59 Å². The average Bonchev–Trinajstić information content (AvgIpc) is 2.24. The van der Waals surface area contributed by atoms with E-state index in [1.807, 2.05) is 0 Å². The number of ether oxygens (including phenoxy) is 1. The normalized spacial score (nSPS) is 14.9. The van der Waals surface area contributed by atoms with Crippen molar-refractivity contribution in [3.63, 3.8) is 0 Å². The van der Waals surface area contributed by atoms with Crippen LogP contribution in [0.15, 0.2) is 0 Å². The molecule has 0 bridgehead atoms. The standard InChI is InChI=1S/C10H19NO5S/c1-7(10(13)16-4)6-11(3)9(12)8(2)17(5,14)15/h7-8H,6H2,1-5H3. The van der Waals surface area contributed by atoms with E-state index in [1.54, 1.807) is 6.92 Å². The smallest absolute Gasteiger partial charge is 0.310 e. The summed E-state index contributed by atoms with van der Waals surface area (Å²) in [6, 6.07) is 0. The summed E-state index contributed by atoms with van der Waals surface area (Å²) >= 11 is 0. The molecule has 0 aromatic heterocycles. The van der Waals surface area contributed by atoms with E-state index < -0.39 is 32.9 Å². The largest absolute Gasteiger partial charge is 0.469 e. The lowest BCUT2D eigenvalue weighted by Crippen LogP contribution is -2.42. The number of nitrogens with zero attached hydrogens (tertiary/aromatic N) is 1. The monoisotopic (exact) mass is 265 g/mol. The lowest BCUT2D eigenvalue weighted by Gasteiger charge is -2.22. The summed E-state index contributed by atoms with van der Waals surface area (Å²) in [5, 5.41) is -1.10. The highest BCUT2D eigenvalue weighted by Gasteiger charge is 2.28. The fourth-order valence-corrected chi connectivity index (χ4v) is 1.82. The Kier molecular flexibility index (Phi) is 5.60. The maximum absolute atomic E-state index is 11.7. The number of hydrogen-bond donors (Lipinski definition) is 0. The second-order valence-corrected chi connectivity index (χ2v) is 6.48. The molecule has 0 aliphatic rings. The third kappa shape index (κ3) is 4.72. The number of esters is 1. The van der Waals surface area contributed by atoms with Crippen LogP contribution >= 0.6 is 0 Å². The van der Waals surface area contributed by atoms with E-state index in [0.29, 0.717) is 0 Å². The number of carbonyl (C=O) groups excluding carboxylic acids is 2. The summed E-state index contributed by atoms with van der Waals surface area (Å²) in [6.45, 7) is 3.07. The van der Waals surface area contributed by atoms with Crippen molar-refractivity contribution in [3.05, 3.63) is 0 Å². The van der Waals surface area contributed by atoms with Gasteiger partial charge < -0.3 is 9.64 Å². The van der Waals surface area contributed by atoms with Crippen LogP contribution in [-0.2, 0) is 24.2 Å². The van der Waals surface area contributed by atoms with Gasteiger partial charge >= 0.3 is 5.97 Å². The van der Waals surface area contributed by atoms with E-state index in [0.717, 1.165) is 6.26 Å². The molecular weight excluding hydrogens is 246 g/mol. The molecule has 0 rings (SSSR count). The lowest BCUT2D eigenvalue weighted by molar-refractivity contribution is -0.146. The molecule has 1 amide bonds. The van der Waals surface area contributed by atoms with Crippen molar-refractivity contribution >= 4 is 21.7 Å². The summed E-state index contributed by atoms with van der Waals surface area (Å²) in [5.41, 5.74) is 0. The minimum Gasteiger partial charge on any atom is -0.469 e. The maximum Gasteiger partial charge on any atom is 0.310 e. The van der Waals surface area contributed by atoms with Gasteiger partial charge in [0, 0.05) is 19.8 Å². The van der Waals surface area contributed by atoms with Gasteiger partial charge in [0.2, 0.25) is 5.91 Å². The molecule has 0 saturated carbocycles. The van der Waals surface area contributed by atoms with E-state index in [9.17, 15) is 18.0 Å². The van der Waals surface area contributed by atoms with Crippen molar-refractivity contribution in [1.82, 2.24) is 4.90 Å². The van der Waals surface area contributed by atoms with Gasteiger partial charge in [0.25, 0.3) is 0 Å². The minimum absolute atomic E-state index is 0.130. The first kappa shape index (κ1) is 15.9. The molecule has 0 aromatic rings. The Morgan fingerprint density at radius 3 is 2.12 bits per heavy atom. The Morgan fingerprint density at radius 1 is 1.29 bits per heavy atom. The molecule has 0 fully saturated rings. The van der Waals surface area contributed by atoms with E-state index in [2.05, 4.69) is 4.74 Å². The summed E-state index contributed by atoms with van der Waals surface area (Å²) in [7, 11) is -0.691. The highest BCUT2D eigenvalue weighted by molar-refractivity contribution is 7.92. The van der Waals surface area contributed by atoms with Crippen LogP contribution in [-0.4, -0.2) is 57.4 Å². The molecule has 2 atom stereocenters. The first-order valence-corrected chi connectivity index (χ1v) is 7.08. The van der Waals surface area contributed by atoms with Gasteiger partial charge in [-0.05, 0) is 6.92 Å². The topological polar surface area (TPSA) is 80.8 Å². The fraction of sp³-hybridized carbons (Fsp3) is 0.800. The quantitative estimate of drug-likeness (QED) is 0.637. The predicted molar refractivity (Wildman–Crippen MR) is 63.1 cm³/mol. The molecule has 0 spiro atoms. The molecule has 6 nitrogen and oxygen atoms in total. The van der Waals surface area contributed by atoms with Crippen LogP contribution in [0.25, 0.3) is 0 Å². The Balaban J connectivity index is 4.58. The van der Waals surface area contributed by atoms with E-state index in [-0.39, 0.29) is 6.54 Å². The lowest BCUT2D eigenvalue weighted by atomic mass is 10.1. The Bertz CT molecular complexity index is 390. The molecular formula is C10H19NO5S. The van der Waals surface area contributed by atoms with Crippen LogP contribution in [0.2, 0.25) is 0 Å². The van der Waals surface area contributed by atoms with Crippen molar-refractivity contribution in [3.8, 4) is 0 Å². The predicted octanol–water partition coefficient (Wildman–Crippen LogP) is -0.313. The molecule has 0 aromatic carbocycles. The van der Waals surface area contributed by atoms with Crippen molar-refractivity contribution in [2.75, 3.05) is 27.0 Å². The maximum atomic E-state index is 11.7. The number of methoxy groups -OCH3 is 1. The Morgan fingerprint density at radius 2 is 1.76 bits per heavy atom. The number of carbonyl (C=O) groups is 2. The van der Waals surface area contributed by atoms with Gasteiger partial charge in [0.1, 0.15) is 5.25 Å². The van der Waals surface area contributed by atoms with E-state index in [4.69, 9.17) is 0 Å². The number of rotatable bonds is 5. The van der Waals surface area contributed by atoms with Crippen LogP contribution in [0.1, 0.15) is 13.8 Å². The highest BCUT2D eigenvalue weighted by Crippen LogP contribution is 2.06. The molecule has 2 unspecified atom stereocenters. The van der Waals surface area contributed by atoms with Gasteiger partial charge in [-0.15, -0.1) is 0 Å². The van der Waals surface area contributed by atoms with Gasteiger partial charge in [0.05, 0.1) is 13.0 Å². The number of amides is 1. The second-order valence-electron chi connectivity index (χ2n) is 4.11. The molecule has 100 valence electrons. The summed E-state index contributed by atoms with van der Waals surface area (Å²) < 4.78 is 27.0. The van der Waals surface area contributed by atoms with Crippen molar-refractivity contribution < 1.29 is 22.7 Å². The molecule has 0 radical (unpaired) electrons. The van der Waals surface area contributed by atoms with Crippen molar-refractivity contribution in [2.45, 2.75) is 19.1 Å². The van der Waals surface area contributed by atoms with Crippen LogP contribution in [0, 0.1) is 5.92 Å². The molecule has 0 saturated heterocycles.